The molecule has 6 nitrogen and oxygen atoms in total. The molecule has 1 aromatic rings. The highest BCUT2D eigenvalue weighted by molar-refractivity contribution is 5.93. The smallest absolute Gasteiger partial charge is 0.255 e. The zero-order chi connectivity index (χ0) is 14.4. The Morgan fingerprint density at radius 2 is 2.10 bits per heavy atom. The highest BCUT2D eigenvalue weighted by Gasteiger charge is 2.25. The van der Waals surface area contributed by atoms with E-state index in [0.29, 0.717) is 18.2 Å². The maximum atomic E-state index is 12.3. The Morgan fingerprint density at radius 3 is 2.65 bits per heavy atom. The third kappa shape index (κ3) is 3.52. The summed E-state index contributed by atoms with van der Waals surface area (Å²) in [5, 5.41) is 7.45. The van der Waals surface area contributed by atoms with Crippen LogP contribution in [0.1, 0.15) is 30.1 Å². The summed E-state index contributed by atoms with van der Waals surface area (Å²) in [6.45, 7) is 6.16. The van der Waals surface area contributed by atoms with Gasteiger partial charge in [-0.25, -0.2) is 0 Å². The van der Waals surface area contributed by atoms with Crippen molar-refractivity contribution in [2.24, 2.45) is 5.73 Å². The molecule has 0 radical (unpaired) electrons. The van der Waals surface area contributed by atoms with Gasteiger partial charge in [-0.3, -0.25) is 9.69 Å². The molecule has 6 heteroatoms. The van der Waals surface area contributed by atoms with Crippen molar-refractivity contribution in [3.8, 4) is 0 Å². The average molecular weight is 277 g/mol. The summed E-state index contributed by atoms with van der Waals surface area (Å²) in [6.07, 6.45) is 5.34. The summed E-state index contributed by atoms with van der Waals surface area (Å²) in [4.78, 5) is 16.6. The lowest BCUT2D eigenvalue weighted by atomic mass is 10.1. The molecule has 2 heterocycles. The van der Waals surface area contributed by atoms with Gasteiger partial charge in [-0.1, -0.05) is 13.3 Å². The summed E-state index contributed by atoms with van der Waals surface area (Å²) in [6, 6.07) is 2.15. The van der Waals surface area contributed by atoms with Gasteiger partial charge in [-0.15, -0.1) is 0 Å². The summed E-state index contributed by atoms with van der Waals surface area (Å²) in [5.74, 6) is 0.0411. The third-order valence-electron chi connectivity index (χ3n) is 3.84. The molecule has 0 aromatic carbocycles. The van der Waals surface area contributed by atoms with Crippen LogP contribution in [-0.4, -0.2) is 64.7 Å². The lowest BCUT2D eigenvalue weighted by Crippen LogP contribution is -2.53. The molecule has 0 saturated carbocycles. The summed E-state index contributed by atoms with van der Waals surface area (Å²) >= 11 is 0. The first-order valence-corrected chi connectivity index (χ1v) is 7.26. The highest BCUT2D eigenvalue weighted by atomic mass is 16.2. The Morgan fingerprint density at radius 1 is 1.35 bits per heavy atom. The number of hydrogen-bond acceptors (Lipinski definition) is 5. The SMILES string of the molecule is CCCC(CN)N1CCN(C(=O)c2ccnnc2)CC1. The lowest BCUT2D eigenvalue weighted by Gasteiger charge is -2.39. The fourth-order valence-electron chi connectivity index (χ4n) is 2.67. The van der Waals surface area contributed by atoms with E-state index in [9.17, 15) is 4.79 Å². The van der Waals surface area contributed by atoms with Crippen LogP contribution in [0.2, 0.25) is 0 Å². The van der Waals surface area contributed by atoms with E-state index in [-0.39, 0.29) is 5.91 Å². The zero-order valence-electron chi connectivity index (χ0n) is 12.0. The Labute approximate surface area is 120 Å². The van der Waals surface area contributed by atoms with Crippen LogP contribution in [0.3, 0.4) is 0 Å². The monoisotopic (exact) mass is 277 g/mol. The first-order chi connectivity index (χ1) is 9.76. The van der Waals surface area contributed by atoms with Crippen molar-refractivity contribution >= 4 is 5.91 Å². The van der Waals surface area contributed by atoms with Crippen molar-refractivity contribution in [3.05, 3.63) is 24.0 Å². The van der Waals surface area contributed by atoms with Crippen molar-refractivity contribution in [2.45, 2.75) is 25.8 Å². The van der Waals surface area contributed by atoms with Crippen LogP contribution < -0.4 is 5.73 Å². The van der Waals surface area contributed by atoms with E-state index in [1.807, 2.05) is 4.90 Å². The van der Waals surface area contributed by atoms with Crippen LogP contribution in [0, 0.1) is 0 Å². The number of carbonyl (C=O) groups excluding carboxylic acids is 1. The predicted molar refractivity (Wildman–Crippen MR) is 77.3 cm³/mol. The zero-order valence-corrected chi connectivity index (χ0v) is 12.0. The van der Waals surface area contributed by atoms with Crippen LogP contribution in [0.5, 0.6) is 0 Å². The number of amides is 1. The van der Waals surface area contributed by atoms with Gasteiger partial charge < -0.3 is 10.6 Å². The first kappa shape index (κ1) is 14.9. The molecule has 1 amide bonds. The topological polar surface area (TPSA) is 75.3 Å². The van der Waals surface area contributed by atoms with E-state index in [0.717, 1.165) is 39.0 Å². The number of aromatic nitrogens is 2. The molecule has 1 aliphatic heterocycles. The fourth-order valence-corrected chi connectivity index (χ4v) is 2.67. The van der Waals surface area contributed by atoms with Crippen LogP contribution in [0.25, 0.3) is 0 Å². The van der Waals surface area contributed by atoms with Crippen molar-refractivity contribution in [3.63, 3.8) is 0 Å². The average Bonchev–Trinajstić information content (AvgIpc) is 2.53. The largest absolute Gasteiger partial charge is 0.336 e. The normalized spacial score (nSPS) is 18.0. The molecule has 1 saturated heterocycles. The first-order valence-electron chi connectivity index (χ1n) is 7.26. The van der Waals surface area contributed by atoms with Crippen molar-refractivity contribution in [2.75, 3.05) is 32.7 Å². The molecule has 1 aliphatic rings. The van der Waals surface area contributed by atoms with E-state index in [1.165, 1.54) is 6.20 Å². The van der Waals surface area contributed by atoms with Crippen molar-refractivity contribution < 1.29 is 4.79 Å². The van der Waals surface area contributed by atoms with Gasteiger partial charge in [0.25, 0.3) is 5.91 Å². The Kier molecular flexibility index (Phi) is 5.43. The second-order valence-corrected chi connectivity index (χ2v) is 5.14. The van der Waals surface area contributed by atoms with Gasteiger partial charge in [0.15, 0.2) is 0 Å². The van der Waals surface area contributed by atoms with Gasteiger partial charge in [0, 0.05) is 38.8 Å². The summed E-state index contributed by atoms with van der Waals surface area (Å²) in [7, 11) is 0. The van der Waals surface area contributed by atoms with Gasteiger partial charge in [0.05, 0.1) is 18.0 Å². The molecule has 2 rings (SSSR count). The molecule has 1 atom stereocenters. The maximum Gasteiger partial charge on any atom is 0.255 e. The molecule has 1 unspecified atom stereocenters. The van der Waals surface area contributed by atoms with Gasteiger partial charge in [0.2, 0.25) is 0 Å². The molecule has 1 aromatic heterocycles. The van der Waals surface area contributed by atoms with Gasteiger partial charge in [-0.05, 0) is 12.5 Å². The maximum absolute atomic E-state index is 12.3. The second kappa shape index (κ2) is 7.31. The third-order valence-corrected chi connectivity index (χ3v) is 3.84. The minimum Gasteiger partial charge on any atom is -0.336 e. The number of nitrogens with two attached hydrogens (primary N) is 1. The Hall–Kier alpha value is -1.53. The van der Waals surface area contributed by atoms with Crippen molar-refractivity contribution in [1.29, 1.82) is 0 Å². The van der Waals surface area contributed by atoms with Gasteiger partial charge in [-0.2, -0.15) is 10.2 Å². The molecule has 20 heavy (non-hydrogen) atoms. The van der Waals surface area contributed by atoms with E-state index in [1.54, 1.807) is 12.3 Å². The number of piperazine rings is 1. The van der Waals surface area contributed by atoms with Crippen LogP contribution in [0.15, 0.2) is 18.5 Å². The standard InChI is InChI=1S/C14H23N5O/c1-2-3-13(10-15)18-6-8-19(9-7-18)14(20)12-4-5-16-17-11-12/h4-5,11,13H,2-3,6-10,15H2,1H3. The number of carbonyl (C=O) groups is 1. The molecule has 0 aliphatic carbocycles. The van der Waals surface area contributed by atoms with Crippen LogP contribution in [-0.2, 0) is 0 Å². The summed E-state index contributed by atoms with van der Waals surface area (Å²) < 4.78 is 0. The molecule has 0 bridgehead atoms. The molecule has 2 N–H and O–H groups in total. The molecular weight excluding hydrogens is 254 g/mol. The van der Waals surface area contributed by atoms with E-state index >= 15 is 0 Å². The highest BCUT2D eigenvalue weighted by Crippen LogP contribution is 2.12. The van der Waals surface area contributed by atoms with Crippen LogP contribution in [0.4, 0.5) is 0 Å². The van der Waals surface area contributed by atoms with E-state index < -0.39 is 0 Å². The number of rotatable bonds is 5. The van der Waals surface area contributed by atoms with E-state index in [2.05, 4.69) is 22.0 Å². The minimum absolute atomic E-state index is 0.0411. The van der Waals surface area contributed by atoms with Gasteiger partial charge in [0.1, 0.15) is 0 Å². The number of nitrogens with zero attached hydrogens (tertiary/aromatic N) is 4. The lowest BCUT2D eigenvalue weighted by molar-refractivity contribution is 0.0565. The van der Waals surface area contributed by atoms with Crippen molar-refractivity contribution in [1.82, 2.24) is 20.0 Å². The Bertz CT molecular complexity index is 417. The predicted octanol–water partition coefficient (Wildman–Crippen LogP) is 0.362. The molecule has 110 valence electrons. The molecule has 1 fully saturated rings. The minimum atomic E-state index is 0.0411. The summed E-state index contributed by atoms with van der Waals surface area (Å²) in [5.41, 5.74) is 6.45. The van der Waals surface area contributed by atoms with Gasteiger partial charge >= 0.3 is 0 Å². The number of hydrogen-bond donors (Lipinski definition) is 1. The fraction of sp³-hybridized carbons (Fsp3) is 0.643. The quantitative estimate of drug-likeness (QED) is 0.841. The van der Waals surface area contributed by atoms with Crippen LogP contribution >= 0.6 is 0 Å². The Balaban J connectivity index is 1.89. The second-order valence-electron chi connectivity index (χ2n) is 5.14. The molecular formula is C14H23N5O. The van der Waals surface area contributed by atoms with E-state index in [4.69, 9.17) is 5.73 Å². The molecule has 0 spiro atoms.